The predicted octanol–water partition coefficient (Wildman–Crippen LogP) is 5.93. The SMILES string of the molecule is Bc1ccc2c3c(n(-c4ccc(C#N)cc4)c2c1)C1C2=c4sc5c(sc6cc(Br)ccc65)c4=CC1(C2)S3. The van der Waals surface area contributed by atoms with E-state index >= 15 is 0 Å². The van der Waals surface area contributed by atoms with Gasteiger partial charge in [-0.3, -0.25) is 0 Å². The molecule has 1 spiro atoms. The Morgan fingerprint density at radius 2 is 1.84 bits per heavy atom. The molecule has 174 valence electrons. The minimum atomic E-state index is 0.102. The highest BCUT2D eigenvalue weighted by Gasteiger charge is 2.60. The third-order valence-corrected chi connectivity index (χ3v) is 12.9. The second-order valence-corrected chi connectivity index (χ2v) is 14.7. The normalized spacial score (nSPS) is 21.0. The molecule has 2 nitrogen and oxygen atoms in total. The van der Waals surface area contributed by atoms with Gasteiger partial charge < -0.3 is 4.57 Å². The van der Waals surface area contributed by atoms with Crippen molar-refractivity contribution >= 4 is 106 Å². The highest BCUT2D eigenvalue weighted by Crippen LogP contribution is 2.70. The number of rotatable bonds is 1. The van der Waals surface area contributed by atoms with Crippen LogP contribution in [0.25, 0.3) is 47.7 Å². The van der Waals surface area contributed by atoms with Gasteiger partial charge in [0.1, 0.15) is 7.85 Å². The van der Waals surface area contributed by atoms with Gasteiger partial charge in [-0.05, 0) is 54.5 Å². The zero-order valence-corrected chi connectivity index (χ0v) is 23.7. The zero-order chi connectivity index (χ0) is 24.6. The number of hydrogen-bond acceptors (Lipinski definition) is 4. The van der Waals surface area contributed by atoms with Gasteiger partial charge in [0.2, 0.25) is 0 Å². The Hall–Kier alpha value is -2.76. The van der Waals surface area contributed by atoms with E-state index in [0.717, 1.165) is 16.6 Å². The third kappa shape index (κ3) is 2.58. The van der Waals surface area contributed by atoms with Gasteiger partial charge in [-0.25, -0.2) is 0 Å². The highest BCUT2D eigenvalue weighted by atomic mass is 79.9. The van der Waals surface area contributed by atoms with E-state index < -0.39 is 0 Å². The molecule has 1 saturated carbocycles. The molecule has 2 unspecified atom stereocenters. The summed E-state index contributed by atoms with van der Waals surface area (Å²) in [6.45, 7) is 0. The van der Waals surface area contributed by atoms with E-state index in [1.54, 1.807) is 5.57 Å². The molecule has 3 aliphatic carbocycles. The third-order valence-electron chi connectivity index (χ3n) is 8.22. The van der Waals surface area contributed by atoms with Gasteiger partial charge in [-0.1, -0.05) is 45.7 Å². The fourth-order valence-corrected chi connectivity index (χ4v) is 11.7. The monoisotopic (exact) mass is 590 g/mol. The van der Waals surface area contributed by atoms with Crippen molar-refractivity contribution in [3.8, 4) is 11.8 Å². The van der Waals surface area contributed by atoms with Crippen molar-refractivity contribution in [3.63, 3.8) is 0 Å². The van der Waals surface area contributed by atoms with E-state index in [0.29, 0.717) is 11.5 Å². The molecule has 1 aliphatic heterocycles. The summed E-state index contributed by atoms with van der Waals surface area (Å²) < 4.78 is 9.49. The Morgan fingerprint density at radius 3 is 2.68 bits per heavy atom. The molecule has 7 heteroatoms. The van der Waals surface area contributed by atoms with Crippen molar-refractivity contribution in [1.29, 1.82) is 5.26 Å². The number of halogens is 1. The maximum Gasteiger partial charge on any atom is 0.139 e. The zero-order valence-electron chi connectivity index (χ0n) is 19.6. The largest absolute Gasteiger partial charge is 0.312 e. The lowest BCUT2D eigenvalue weighted by atomic mass is 9.64. The summed E-state index contributed by atoms with van der Waals surface area (Å²) in [5, 5.41) is 13.6. The van der Waals surface area contributed by atoms with E-state index in [1.807, 2.05) is 34.8 Å². The quantitative estimate of drug-likeness (QED) is 0.222. The molecule has 0 saturated heterocycles. The topological polar surface area (TPSA) is 28.7 Å². The fraction of sp³-hybridized carbons (Fsp3) is 0.100. The van der Waals surface area contributed by atoms with Gasteiger partial charge in [0, 0.05) is 51.9 Å². The smallest absolute Gasteiger partial charge is 0.139 e. The average molecular weight is 591 g/mol. The van der Waals surface area contributed by atoms with Crippen LogP contribution in [0, 0.1) is 11.3 Å². The molecule has 4 heterocycles. The lowest BCUT2D eigenvalue weighted by Gasteiger charge is -2.47. The second kappa shape index (κ2) is 7.01. The molecule has 0 radical (unpaired) electrons. The number of fused-ring (bicyclic) bond motifs is 6. The van der Waals surface area contributed by atoms with Gasteiger partial charge >= 0.3 is 0 Å². The Morgan fingerprint density at radius 1 is 1.00 bits per heavy atom. The number of nitrogens with zero attached hydrogens (tertiary/aromatic N) is 2. The fourth-order valence-electron chi connectivity index (χ4n) is 6.64. The summed E-state index contributed by atoms with van der Waals surface area (Å²) in [6.07, 6.45) is 3.76. The minimum Gasteiger partial charge on any atom is -0.312 e. The van der Waals surface area contributed by atoms with Gasteiger partial charge in [-0.15, -0.1) is 34.4 Å². The molecule has 37 heavy (non-hydrogen) atoms. The van der Waals surface area contributed by atoms with Gasteiger partial charge in [0.05, 0.1) is 31.3 Å². The van der Waals surface area contributed by atoms with Crippen LogP contribution < -0.4 is 15.2 Å². The lowest BCUT2D eigenvalue weighted by Crippen LogP contribution is -2.50. The second-order valence-electron chi connectivity index (χ2n) is 10.3. The van der Waals surface area contributed by atoms with Crippen LogP contribution >= 0.6 is 50.4 Å². The maximum atomic E-state index is 9.36. The molecular weight excluding hydrogens is 575 g/mol. The standard InChI is InChI=1S/C30H16BBrN2S3/c31-15-3-7-18-22(9-15)34(17-5-1-14(13-33)2-6-17)25-24-20-11-30(24,37-27(18)25)12-21-26(20)36-28-19-8-4-16(32)10-23(19)35-29(21)28/h1-10,12,24H,11,31H2. The maximum absolute atomic E-state index is 9.36. The average Bonchev–Trinajstić information content (AvgIpc) is 3.57. The van der Waals surface area contributed by atoms with E-state index in [-0.39, 0.29) is 4.75 Å². The molecule has 3 aromatic heterocycles. The van der Waals surface area contributed by atoms with Gasteiger partial charge in [0.15, 0.2) is 0 Å². The summed E-state index contributed by atoms with van der Waals surface area (Å²) in [5.74, 6) is 0.400. The molecule has 3 aromatic carbocycles. The van der Waals surface area contributed by atoms with Crippen LogP contribution in [0.3, 0.4) is 0 Å². The Balaban J connectivity index is 1.34. The number of nitriles is 1. The number of benzene rings is 3. The molecule has 10 rings (SSSR count). The molecule has 0 amide bonds. The van der Waals surface area contributed by atoms with Crippen LogP contribution in [0.2, 0.25) is 0 Å². The lowest BCUT2D eigenvalue weighted by molar-refractivity contribution is 0.564. The van der Waals surface area contributed by atoms with E-state index in [1.165, 1.54) is 56.2 Å². The van der Waals surface area contributed by atoms with Crippen LogP contribution in [0.15, 0.2) is 70.0 Å². The predicted molar refractivity (Wildman–Crippen MR) is 164 cm³/mol. The van der Waals surface area contributed by atoms with Crippen molar-refractivity contribution < 1.29 is 0 Å². The van der Waals surface area contributed by atoms with Crippen LogP contribution in [-0.4, -0.2) is 17.2 Å². The van der Waals surface area contributed by atoms with Crippen molar-refractivity contribution in [2.45, 2.75) is 22.0 Å². The van der Waals surface area contributed by atoms with Crippen molar-refractivity contribution in [2.75, 3.05) is 0 Å². The first-order valence-electron chi connectivity index (χ1n) is 12.3. The number of thiophene rings is 2. The van der Waals surface area contributed by atoms with E-state index in [9.17, 15) is 5.26 Å². The van der Waals surface area contributed by atoms with Crippen LogP contribution in [0.1, 0.15) is 23.6 Å². The van der Waals surface area contributed by atoms with Crippen molar-refractivity contribution in [2.24, 2.45) is 0 Å². The Bertz CT molecular complexity index is 2200. The molecular formula is C30H16BBrN2S3. The first-order chi connectivity index (χ1) is 18.0. The summed E-state index contributed by atoms with van der Waals surface area (Å²) in [6, 6.07) is 23.9. The highest BCUT2D eigenvalue weighted by molar-refractivity contribution is 9.10. The summed E-state index contributed by atoms with van der Waals surface area (Å²) >= 11 is 9.67. The van der Waals surface area contributed by atoms with E-state index in [2.05, 4.69) is 101 Å². The Labute approximate surface area is 234 Å². The Kier molecular flexibility index (Phi) is 4.02. The van der Waals surface area contributed by atoms with E-state index in [4.69, 9.17) is 0 Å². The molecule has 2 atom stereocenters. The molecule has 0 N–H and O–H groups in total. The first kappa shape index (κ1) is 21.2. The molecule has 2 bridgehead atoms. The minimum absolute atomic E-state index is 0.102. The van der Waals surface area contributed by atoms with Gasteiger partial charge in [-0.2, -0.15) is 5.26 Å². The van der Waals surface area contributed by atoms with Gasteiger partial charge in [0.25, 0.3) is 0 Å². The number of aromatic nitrogens is 1. The van der Waals surface area contributed by atoms with Crippen molar-refractivity contribution in [1.82, 2.24) is 4.57 Å². The van der Waals surface area contributed by atoms with Crippen LogP contribution in [0.4, 0.5) is 0 Å². The van der Waals surface area contributed by atoms with Crippen molar-refractivity contribution in [3.05, 3.63) is 86.1 Å². The summed E-state index contributed by atoms with van der Waals surface area (Å²) in [4.78, 5) is 1.43. The molecule has 1 fully saturated rings. The first-order valence-corrected chi connectivity index (χ1v) is 15.5. The number of thioether (sulfide) groups is 1. The molecule has 4 aliphatic rings. The van der Waals surface area contributed by atoms with Crippen LogP contribution in [0.5, 0.6) is 0 Å². The molecule has 6 aromatic rings. The number of hydrogen-bond donors (Lipinski definition) is 0. The summed E-state index contributed by atoms with van der Waals surface area (Å²) in [7, 11) is 2.17. The van der Waals surface area contributed by atoms with Crippen LogP contribution in [-0.2, 0) is 0 Å². The summed E-state index contributed by atoms with van der Waals surface area (Å²) in [5.41, 5.74) is 7.42.